The second kappa shape index (κ2) is 5.99. The fourth-order valence-corrected chi connectivity index (χ4v) is 2.08. The van der Waals surface area contributed by atoms with Crippen molar-refractivity contribution >= 4 is 23.1 Å². The maximum absolute atomic E-state index is 13.9. The molecule has 0 saturated heterocycles. The van der Waals surface area contributed by atoms with Crippen LogP contribution in [-0.2, 0) is 6.54 Å². The molecule has 5 heteroatoms. The lowest BCUT2D eigenvalue weighted by Gasteiger charge is -2.23. The number of nitrogens with two attached hydrogens (primary N) is 1. The molecule has 0 aliphatic heterocycles. The second-order valence-corrected chi connectivity index (χ2v) is 4.40. The molecule has 1 heterocycles. The maximum atomic E-state index is 13.9. The first-order chi connectivity index (χ1) is 9.17. The number of para-hydroxylation sites is 1. The SMILES string of the molecule is CCN(c1ccc(Cl)c(CN)n1)c1ccccc1F. The van der Waals surface area contributed by atoms with E-state index in [0.29, 0.717) is 28.8 Å². The van der Waals surface area contributed by atoms with Gasteiger partial charge in [0.05, 0.1) is 16.4 Å². The zero-order valence-corrected chi connectivity index (χ0v) is 11.4. The number of hydrogen-bond acceptors (Lipinski definition) is 3. The predicted molar refractivity (Wildman–Crippen MR) is 76.2 cm³/mol. The van der Waals surface area contributed by atoms with Crippen molar-refractivity contribution in [3.8, 4) is 0 Å². The van der Waals surface area contributed by atoms with Gasteiger partial charge in [0.2, 0.25) is 0 Å². The third-order valence-electron chi connectivity index (χ3n) is 2.83. The molecule has 0 radical (unpaired) electrons. The summed E-state index contributed by atoms with van der Waals surface area (Å²) in [6.45, 7) is 2.78. The topological polar surface area (TPSA) is 42.1 Å². The van der Waals surface area contributed by atoms with Gasteiger partial charge in [-0.3, -0.25) is 0 Å². The van der Waals surface area contributed by atoms with Crippen molar-refractivity contribution in [2.75, 3.05) is 11.4 Å². The molecule has 0 unspecified atom stereocenters. The Balaban J connectivity index is 2.45. The Morgan fingerprint density at radius 3 is 2.63 bits per heavy atom. The second-order valence-electron chi connectivity index (χ2n) is 4.00. The maximum Gasteiger partial charge on any atom is 0.146 e. The summed E-state index contributed by atoms with van der Waals surface area (Å²) in [5.74, 6) is 0.354. The van der Waals surface area contributed by atoms with Crippen LogP contribution in [0.25, 0.3) is 0 Å². The van der Waals surface area contributed by atoms with E-state index < -0.39 is 0 Å². The van der Waals surface area contributed by atoms with Crippen LogP contribution in [-0.4, -0.2) is 11.5 Å². The molecule has 0 spiro atoms. The first-order valence-corrected chi connectivity index (χ1v) is 6.42. The minimum atomic E-state index is -0.282. The minimum absolute atomic E-state index is 0.251. The molecule has 0 saturated carbocycles. The summed E-state index contributed by atoms with van der Waals surface area (Å²) < 4.78 is 13.9. The molecule has 0 fully saturated rings. The largest absolute Gasteiger partial charge is 0.325 e. The standard InChI is InChI=1S/C14H15ClFN3/c1-2-19(13-6-4-3-5-11(13)16)14-8-7-10(15)12(9-17)18-14/h3-8H,2,9,17H2,1H3. The van der Waals surface area contributed by atoms with Gasteiger partial charge in [0, 0.05) is 13.1 Å². The van der Waals surface area contributed by atoms with Crippen molar-refractivity contribution in [3.63, 3.8) is 0 Å². The highest BCUT2D eigenvalue weighted by atomic mass is 35.5. The van der Waals surface area contributed by atoms with Crippen LogP contribution in [0.3, 0.4) is 0 Å². The number of pyridine rings is 1. The summed E-state index contributed by atoms with van der Waals surface area (Å²) in [6.07, 6.45) is 0. The van der Waals surface area contributed by atoms with Crippen LogP contribution in [0.5, 0.6) is 0 Å². The smallest absolute Gasteiger partial charge is 0.146 e. The summed E-state index contributed by atoms with van der Waals surface area (Å²) in [5.41, 5.74) is 6.68. The van der Waals surface area contributed by atoms with E-state index in [2.05, 4.69) is 4.98 Å². The quantitative estimate of drug-likeness (QED) is 0.931. The Morgan fingerprint density at radius 2 is 2.00 bits per heavy atom. The van der Waals surface area contributed by atoms with Gasteiger partial charge in [0.25, 0.3) is 0 Å². The molecule has 19 heavy (non-hydrogen) atoms. The van der Waals surface area contributed by atoms with Crippen LogP contribution in [0, 0.1) is 5.82 Å². The van der Waals surface area contributed by atoms with Crippen LogP contribution >= 0.6 is 11.6 Å². The van der Waals surface area contributed by atoms with Gasteiger partial charge in [-0.15, -0.1) is 0 Å². The number of nitrogens with zero attached hydrogens (tertiary/aromatic N) is 2. The summed E-state index contributed by atoms with van der Waals surface area (Å²) in [4.78, 5) is 6.16. The summed E-state index contributed by atoms with van der Waals surface area (Å²) in [6, 6.07) is 10.1. The third kappa shape index (κ3) is 2.85. The number of hydrogen-bond donors (Lipinski definition) is 1. The molecule has 2 rings (SSSR count). The Labute approximate surface area is 116 Å². The van der Waals surface area contributed by atoms with Gasteiger partial charge in [-0.05, 0) is 31.2 Å². The van der Waals surface area contributed by atoms with E-state index in [1.165, 1.54) is 6.07 Å². The van der Waals surface area contributed by atoms with Crippen LogP contribution in [0.4, 0.5) is 15.9 Å². The van der Waals surface area contributed by atoms with E-state index >= 15 is 0 Å². The van der Waals surface area contributed by atoms with E-state index in [1.807, 2.05) is 6.92 Å². The van der Waals surface area contributed by atoms with Crippen LogP contribution < -0.4 is 10.6 Å². The number of aromatic nitrogens is 1. The van der Waals surface area contributed by atoms with Gasteiger partial charge in [0.1, 0.15) is 11.6 Å². The molecule has 3 nitrogen and oxygen atoms in total. The first kappa shape index (κ1) is 13.8. The fraction of sp³-hybridized carbons (Fsp3) is 0.214. The fourth-order valence-electron chi connectivity index (χ4n) is 1.89. The van der Waals surface area contributed by atoms with Crippen LogP contribution in [0.1, 0.15) is 12.6 Å². The van der Waals surface area contributed by atoms with Gasteiger partial charge in [-0.1, -0.05) is 23.7 Å². The van der Waals surface area contributed by atoms with Crippen LogP contribution in [0.15, 0.2) is 36.4 Å². The normalized spacial score (nSPS) is 10.5. The van der Waals surface area contributed by atoms with Gasteiger partial charge >= 0.3 is 0 Å². The highest BCUT2D eigenvalue weighted by molar-refractivity contribution is 6.31. The van der Waals surface area contributed by atoms with Crippen molar-refractivity contribution in [3.05, 3.63) is 52.9 Å². The predicted octanol–water partition coefficient (Wildman–Crippen LogP) is 3.49. The summed E-state index contributed by atoms with van der Waals surface area (Å²) in [7, 11) is 0. The van der Waals surface area contributed by atoms with Crippen molar-refractivity contribution in [1.29, 1.82) is 0 Å². The first-order valence-electron chi connectivity index (χ1n) is 6.05. The third-order valence-corrected chi connectivity index (χ3v) is 3.18. The van der Waals surface area contributed by atoms with Gasteiger partial charge in [0.15, 0.2) is 0 Å². The minimum Gasteiger partial charge on any atom is -0.325 e. The van der Waals surface area contributed by atoms with Crippen molar-refractivity contribution in [2.45, 2.75) is 13.5 Å². The molecule has 0 atom stereocenters. The highest BCUT2D eigenvalue weighted by Crippen LogP contribution is 2.27. The summed E-state index contributed by atoms with van der Waals surface area (Å²) >= 11 is 5.99. The number of benzene rings is 1. The number of anilines is 2. The monoisotopic (exact) mass is 279 g/mol. The Morgan fingerprint density at radius 1 is 1.26 bits per heavy atom. The lowest BCUT2D eigenvalue weighted by Crippen LogP contribution is -2.19. The molecule has 0 amide bonds. The summed E-state index contributed by atoms with van der Waals surface area (Å²) in [5, 5.41) is 0.524. The highest BCUT2D eigenvalue weighted by Gasteiger charge is 2.14. The average Bonchev–Trinajstić information content (AvgIpc) is 2.43. The molecular formula is C14H15ClFN3. The molecule has 2 aromatic rings. The lowest BCUT2D eigenvalue weighted by molar-refractivity contribution is 0.625. The molecular weight excluding hydrogens is 265 g/mol. The molecule has 1 aromatic carbocycles. The van der Waals surface area contributed by atoms with E-state index in [1.54, 1.807) is 35.2 Å². The zero-order valence-electron chi connectivity index (χ0n) is 10.6. The van der Waals surface area contributed by atoms with Crippen molar-refractivity contribution in [1.82, 2.24) is 4.98 Å². The Kier molecular flexibility index (Phi) is 4.35. The van der Waals surface area contributed by atoms with Crippen LogP contribution in [0.2, 0.25) is 5.02 Å². The molecule has 100 valence electrons. The average molecular weight is 280 g/mol. The lowest BCUT2D eigenvalue weighted by atomic mass is 10.2. The van der Waals surface area contributed by atoms with Crippen molar-refractivity contribution in [2.24, 2.45) is 5.73 Å². The molecule has 0 aliphatic carbocycles. The van der Waals surface area contributed by atoms with Gasteiger partial charge < -0.3 is 10.6 Å². The van der Waals surface area contributed by atoms with Gasteiger partial charge in [-0.2, -0.15) is 0 Å². The number of rotatable bonds is 4. The molecule has 1 aromatic heterocycles. The molecule has 2 N–H and O–H groups in total. The Hall–Kier alpha value is -1.65. The van der Waals surface area contributed by atoms with E-state index in [0.717, 1.165) is 0 Å². The zero-order chi connectivity index (χ0) is 13.8. The number of halogens is 2. The Bertz CT molecular complexity index is 574. The molecule has 0 bridgehead atoms. The van der Waals surface area contributed by atoms with Crippen molar-refractivity contribution < 1.29 is 4.39 Å². The van der Waals surface area contributed by atoms with E-state index in [-0.39, 0.29) is 12.4 Å². The molecule has 0 aliphatic rings. The van der Waals surface area contributed by atoms with E-state index in [4.69, 9.17) is 17.3 Å². The van der Waals surface area contributed by atoms with E-state index in [9.17, 15) is 4.39 Å². The van der Waals surface area contributed by atoms with Gasteiger partial charge in [-0.25, -0.2) is 9.37 Å².